The second-order valence-corrected chi connectivity index (χ2v) is 8.19. The van der Waals surface area contributed by atoms with Crippen LogP contribution in [0.4, 0.5) is 4.39 Å². The Hall–Kier alpha value is -1.68. The molecule has 0 saturated heterocycles. The molecule has 2 aromatic carbocycles. The third-order valence-electron chi connectivity index (χ3n) is 5.70. The van der Waals surface area contributed by atoms with Crippen molar-refractivity contribution in [1.82, 2.24) is 5.32 Å². The first-order valence-corrected chi connectivity index (χ1v) is 9.70. The molecule has 0 aromatic heterocycles. The van der Waals surface area contributed by atoms with E-state index in [1.165, 1.54) is 17.2 Å². The van der Waals surface area contributed by atoms with Gasteiger partial charge in [0.15, 0.2) is 0 Å². The van der Waals surface area contributed by atoms with Crippen LogP contribution in [-0.2, 0) is 16.8 Å². The Labute approximate surface area is 156 Å². The highest BCUT2D eigenvalue weighted by Gasteiger charge is 2.40. The lowest BCUT2D eigenvalue weighted by Gasteiger charge is -2.43. The predicted molar refractivity (Wildman–Crippen MR) is 99.9 cm³/mol. The Kier molecular flexibility index (Phi) is 4.40. The number of fused-ring (bicyclic) bond motifs is 1. The van der Waals surface area contributed by atoms with Crippen molar-refractivity contribution in [1.29, 1.82) is 0 Å². The molecule has 0 bridgehead atoms. The number of hydrogen-bond donors (Lipinski definition) is 1. The summed E-state index contributed by atoms with van der Waals surface area (Å²) in [7, 11) is 0. The minimum absolute atomic E-state index is 0.0711. The van der Waals surface area contributed by atoms with E-state index in [0.717, 1.165) is 42.1 Å². The second kappa shape index (κ2) is 6.56. The topological polar surface area (TPSA) is 29.1 Å². The largest absolute Gasteiger partial charge is 0.347 e. The van der Waals surface area contributed by atoms with Crippen LogP contribution in [0.2, 0.25) is 0 Å². The van der Waals surface area contributed by atoms with Gasteiger partial charge in [-0.3, -0.25) is 4.79 Å². The first-order chi connectivity index (χ1) is 12.1. The molecular weight excluding hydrogens is 381 g/mol. The summed E-state index contributed by atoms with van der Waals surface area (Å²) >= 11 is 3.52. The summed E-state index contributed by atoms with van der Waals surface area (Å²) in [5.41, 5.74) is 3.13. The number of amides is 1. The van der Waals surface area contributed by atoms with Crippen LogP contribution in [0.3, 0.4) is 0 Å². The van der Waals surface area contributed by atoms with E-state index in [2.05, 4.69) is 33.4 Å². The Morgan fingerprint density at radius 3 is 2.80 bits per heavy atom. The van der Waals surface area contributed by atoms with Crippen LogP contribution < -0.4 is 5.32 Å². The minimum atomic E-state index is -0.232. The molecule has 0 heterocycles. The molecule has 25 heavy (non-hydrogen) atoms. The Morgan fingerprint density at radius 2 is 2.08 bits per heavy atom. The van der Waals surface area contributed by atoms with Crippen molar-refractivity contribution in [2.45, 2.75) is 50.0 Å². The molecule has 2 nitrogen and oxygen atoms in total. The molecule has 1 amide bonds. The first kappa shape index (κ1) is 16.8. The van der Waals surface area contributed by atoms with Gasteiger partial charge in [-0.2, -0.15) is 0 Å². The van der Waals surface area contributed by atoms with Gasteiger partial charge in [-0.25, -0.2) is 4.39 Å². The molecule has 0 radical (unpaired) electrons. The zero-order valence-corrected chi connectivity index (χ0v) is 15.6. The van der Waals surface area contributed by atoms with Crippen molar-refractivity contribution in [3.8, 4) is 0 Å². The van der Waals surface area contributed by atoms with Gasteiger partial charge < -0.3 is 5.32 Å². The summed E-state index contributed by atoms with van der Waals surface area (Å²) < 4.78 is 14.6. The summed E-state index contributed by atoms with van der Waals surface area (Å²) in [6.07, 6.45) is 5.38. The van der Waals surface area contributed by atoms with Crippen LogP contribution in [-0.4, -0.2) is 5.91 Å². The molecule has 130 valence electrons. The minimum Gasteiger partial charge on any atom is -0.347 e. The average molecular weight is 402 g/mol. The number of carbonyl (C=O) groups excluding carboxylic acids is 1. The number of aryl methyl sites for hydroxylation is 1. The maximum atomic E-state index is 13.6. The molecule has 1 N–H and O–H groups in total. The van der Waals surface area contributed by atoms with E-state index in [-0.39, 0.29) is 23.2 Å². The maximum Gasteiger partial charge on any atom is 0.221 e. The SMILES string of the molecule is O=C(CC1CCc2ccc(F)cc21)NC1(c2cccc(Br)c2)CCC1. The lowest BCUT2D eigenvalue weighted by atomic mass is 9.71. The van der Waals surface area contributed by atoms with E-state index in [9.17, 15) is 9.18 Å². The van der Waals surface area contributed by atoms with Gasteiger partial charge in [0.25, 0.3) is 0 Å². The Bertz CT molecular complexity index is 815. The highest BCUT2D eigenvalue weighted by Crippen LogP contribution is 2.43. The quantitative estimate of drug-likeness (QED) is 0.748. The summed E-state index contributed by atoms with van der Waals surface area (Å²) in [4.78, 5) is 12.7. The van der Waals surface area contributed by atoms with Gasteiger partial charge in [0, 0.05) is 10.9 Å². The fourth-order valence-electron chi connectivity index (χ4n) is 4.21. The van der Waals surface area contributed by atoms with Gasteiger partial charge in [0.2, 0.25) is 5.91 Å². The average Bonchev–Trinajstić information content (AvgIpc) is 2.93. The van der Waals surface area contributed by atoms with Crippen molar-refractivity contribution < 1.29 is 9.18 Å². The lowest BCUT2D eigenvalue weighted by molar-refractivity contribution is -0.124. The molecule has 2 aliphatic rings. The smallest absolute Gasteiger partial charge is 0.221 e. The van der Waals surface area contributed by atoms with E-state index in [0.29, 0.717) is 6.42 Å². The Balaban J connectivity index is 1.48. The number of benzene rings is 2. The summed E-state index contributed by atoms with van der Waals surface area (Å²) in [5, 5.41) is 3.29. The van der Waals surface area contributed by atoms with Crippen LogP contribution in [0.25, 0.3) is 0 Å². The normalized spacial score (nSPS) is 20.6. The van der Waals surface area contributed by atoms with Gasteiger partial charge >= 0.3 is 0 Å². The standard InChI is InChI=1S/C21H21BrFNO/c22-17-4-1-3-16(12-17)21(9-2-10-21)24-20(25)11-15-6-5-14-7-8-18(23)13-19(14)15/h1,3-4,7-8,12-13,15H,2,5-6,9-11H2,(H,24,25). The first-order valence-electron chi connectivity index (χ1n) is 8.91. The Morgan fingerprint density at radius 1 is 1.24 bits per heavy atom. The van der Waals surface area contributed by atoms with Crippen LogP contribution in [0.15, 0.2) is 46.9 Å². The number of halogens is 2. The summed E-state index contributed by atoms with van der Waals surface area (Å²) in [6.45, 7) is 0. The van der Waals surface area contributed by atoms with E-state index < -0.39 is 0 Å². The zero-order chi connectivity index (χ0) is 17.4. The van der Waals surface area contributed by atoms with E-state index in [4.69, 9.17) is 0 Å². The van der Waals surface area contributed by atoms with E-state index in [1.54, 1.807) is 6.07 Å². The van der Waals surface area contributed by atoms with Crippen molar-refractivity contribution in [2.24, 2.45) is 0 Å². The molecule has 0 spiro atoms. The molecule has 2 aromatic rings. The third-order valence-corrected chi connectivity index (χ3v) is 6.20. The van der Waals surface area contributed by atoms with Gasteiger partial charge in [-0.15, -0.1) is 0 Å². The molecule has 2 aliphatic carbocycles. The van der Waals surface area contributed by atoms with Crippen LogP contribution >= 0.6 is 15.9 Å². The number of carbonyl (C=O) groups is 1. The maximum absolute atomic E-state index is 13.6. The monoisotopic (exact) mass is 401 g/mol. The number of nitrogens with one attached hydrogen (secondary N) is 1. The molecule has 1 saturated carbocycles. The second-order valence-electron chi connectivity index (χ2n) is 7.28. The van der Waals surface area contributed by atoms with Crippen molar-refractivity contribution in [2.75, 3.05) is 0 Å². The van der Waals surface area contributed by atoms with Crippen molar-refractivity contribution >= 4 is 21.8 Å². The fourth-order valence-corrected chi connectivity index (χ4v) is 4.61. The fraction of sp³-hybridized carbons (Fsp3) is 0.381. The summed E-state index contributed by atoms with van der Waals surface area (Å²) in [5.74, 6) is -0.0113. The van der Waals surface area contributed by atoms with Crippen molar-refractivity contribution in [3.05, 3.63) is 69.4 Å². The number of hydrogen-bond acceptors (Lipinski definition) is 1. The third kappa shape index (κ3) is 3.24. The lowest BCUT2D eigenvalue weighted by Crippen LogP contribution is -2.51. The molecule has 0 aliphatic heterocycles. The zero-order valence-electron chi connectivity index (χ0n) is 14.0. The van der Waals surface area contributed by atoms with Crippen LogP contribution in [0.1, 0.15) is 54.7 Å². The van der Waals surface area contributed by atoms with Gasteiger partial charge in [-0.1, -0.05) is 34.1 Å². The van der Waals surface area contributed by atoms with Gasteiger partial charge in [-0.05, 0) is 79.0 Å². The van der Waals surface area contributed by atoms with Gasteiger partial charge in [0.05, 0.1) is 5.54 Å². The molecule has 1 fully saturated rings. The molecular formula is C21H21BrFNO. The predicted octanol–water partition coefficient (Wildman–Crippen LogP) is 5.20. The molecule has 4 heteroatoms. The summed E-state index contributed by atoms with van der Waals surface area (Å²) in [6, 6.07) is 13.2. The molecule has 1 unspecified atom stereocenters. The van der Waals surface area contributed by atoms with E-state index in [1.807, 2.05) is 18.2 Å². The van der Waals surface area contributed by atoms with Crippen molar-refractivity contribution in [3.63, 3.8) is 0 Å². The van der Waals surface area contributed by atoms with Crippen LogP contribution in [0.5, 0.6) is 0 Å². The van der Waals surface area contributed by atoms with E-state index >= 15 is 0 Å². The molecule has 1 atom stereocenters. The van der Waals surface area contributed by atoms with Crippen LogP contribution in [0, 0.1) is 5.82 Å². The number of rotatable bonds is 4. The molecule has 4 rings (SSSR count). The highest BCUT2D eigenvalue weighted by atomic mass is 79.9. The highest BCUT2D eigenvalue weighted by molar-refractivity contribution is 9.10. The van der Waals surface area contributed by atoms with Gasteiger partial charge in [0.1, 0.15) is 5.82 Å².